The van der Waals surface area contributed by atoms with Crippen LogP contribution >= 0.6 is 0 Å². The molecule has 2 heterocycles. The number of nitrogens with one attached hydrogen (secondary N) is 1. The quantitative estimate of drug-likeness (QED) is 0.788. The predicted octanol–water partition coefficient (Wildman–Crippen LogP) is 2.61. The molecule has 1 amide bonds. The average molecular weight is 295 g/mol. The van der Waals surface area contributed by atoms with Gasteiger partial charge < -0.3 is 5.32 Å². The van der Waals surface area contributed by atoms with Crippen LogP contribution in [0.5, 0.6) is 0 Å². The molecule has 0 aliphatic rings. The second-order valence-electron chi connectivity index (χ2n) is 5.40. The van der Waals surface area contributed by atoms with Crippen molar-refractivity contribution in [2.24, 2.45) is 0 Å². The molecule has 0 radical (unpaired) electrons. The lowest BCUT2D eigenvalue weighted by atomic mass is 10.1. The summed E-state index contributed by atoms with van der Waals surface area (Å²) in [6, 6.07) is 5.91. The highest BCUT2D eigenvalue weighted by Gasteiger charge is 2.15. The van der Waals surface area contributed by atoms with Gasteiger partial charge in [-0.3, -0.25) is 4.79 Å². The normalized spacial score (nSPS) is 10.9. The Morgan fingerprint density at radius 2 is 1.95 bits per heavy atom. The van der Waals surface area contributed by atoms with E-state index in [1.807, 2.05) is 39.0 Å². The molecule has 0 aliphatic carbocycles. The zero-order valence-electron chi connectivity index (χ0n) is 13.0. The number of aryl methyl sites for hydroxylation is 4. The van der Waals surface area contributed by atoms with Gasteiger partial charge in [0.05, 0.1) is 11.3 Å². The van der Waals surface area contributed by atoms with E-state index < -0.39 is 0 Å². The number of benzene rings is 1. The van der Waals surface area contributed by atoms with Gasteiger partial charge in [-0.05, 0) is 39.3 Å². The summed E-state index contributed by atoms with van der Waals surface area (Å²) >= 11 is 0. The Morgan fingerprint density at radius 3 is 2.68 bits per heavy atom. The third-order valence-corrected chi connectivity index (χ3v) is 3.59. The number of amides is 1. The van der Waals surface area contributed by atoms with Crippen LogP contribution in [0, 0.1) is 27.7 Å². The van der Waals surface area contributed by atoms with Crippen LogP contribution in [0.4, 0.5) is 5.69 Å². The number of nitrogens with zero attached hydrogens (tertiary/aromatic N) is 4. The van der Waals surface area contributed by atoms with Crippen molar-refractivity contribution >= 4 is 17.4 Å². The summed E-state index contributed by atoms with van der Waals surface area (Å²) in [6.45, 7) is 7.62. The van der Waals surface area contributed by atoms with Gasteiger partial charge in [0.25, 0.3) is 11.7 Å². The van der Waals surface area contributed by atoms with Crippen LogP contribution in [0.25, 0.3) is 5.78 Å². The van der Waals surface area contributed by atoms with E-state index >= 15 is 0 Å². The Labute approximate surface area is 128 Å². The molecule has 0 aliphatic heterocycles. The molecule has 3 rings (SSSR count). The lowest BCUT2D eigenvalue weighted by Crippen LogP contribution is -2.16. The minimum atomic E-state index is -0.202. The molecule has 6 nitrogen and oxygen atoms in total. The number of hydrogen-bond donors (Lipinski definition) is 1. The van der Waals surface area contributed by atoms with Gasteiger partial charge in [0, 0.05) is 11.9 Å². The number of rotatable bonds is 2. The standard InChI is InChI=1S/C16H17N5O/c1-9-5-6-14(10(2)7-9)19-15(22)13-8-17-16-18-12(4)20-21(16)11(13)3/h5-8H,1-4H3,(H,19,22). The zero-order valence-corrected chi connectivity index (χ0v) is 13.0. The van der Waals surface area contributed by atoms with Crippen LogP contribution in [0.2, 0.25) is 0 Å². The molecule has 22 heavy (non-hydrogen) atoms. The molecular weight excluding hydrogens is 278 g/mol. The van der Waals surface area contributed by atoms with E-state index in [-0.39, 0.29) is 5.91 Å². The Bertz CT molecular complexity index is 882. The van der Waals surface area contributed by atoms with Gasteiger partial charge in [-0.2, -0.15) is 10.1 Å². The molecule has 0 saturated heterocycles. The van der Waals surface area contributed by atoms with Crippen molar-refractivity contribution in [2.75, 3.05) is 5.32 Å². The molecule has 0 fully saturated rings. The number of aromatic nitrogens is 4. The monoisotopic (exact) mass is 295 g/mol. The summed E-state index contributed by atoms with van der Waals surface area (Å²) in [5.74, 6) is 0.924. The number of anilines is 1. The molecule has 0 spiro atoms. The van der Waals surface area contributed by atoms with E-state index in [4.69, 9.17) is 0 Å². The molecule has 0 unspecified atom stereocenters. The van der Waals surface area contributed by atoms with Gasteiger partial charge >= 0.3 is 0 Å². The van der Waals surface area contributed by atoms with E-state index in [2.05, 4.69) is 20.4 Å². The fraction of sp³-hybridized carbons (Fsp3) is 0.250. The smallest absolute Gasteiger partial charge is 0.259 e. The highest BCUT2D eigenvalue weighted by Crippen LogP contribution is 2.18. The van der Waals surface area contributed by atoms with Gasteiger partial charge in [0.1, 0.15) is 5.82 Å². The topological polar surface area (TPSA) is 72.2 Å². The van der Waals surface area contributed by atoms with E-state index in [1.54, 1.807) is 11.4 Å². The minimum absolute atomic E-state index is 0.202. The van der Waals surface area contributed by atoms with Crippen molar-refractivity contribution in [3.05, 3.63) is 52.6 Å². The molecule has 112 valence electrons. The summed E-state index contributed by atoms with van der Waals surface area (Å²) in [6.07, 6.45) is 1.54. The maximum atomic E-state index is 12.5. The highest BCUT2D eigenvalue weighted by atomic mass is 16.1. The van der Waals surface area contributed by atoms with Crippen molar-refractivity contribution in [3.8, 4) is 0 Å². The summed E-state index contributed by atoms with van der Waals surface area (Å²) in [4.78, 5) is 20.9. The first-order valence-electron chi connectivity index (χ1n) is 7.03. The van der Waals surface area contributed by atoms with Crippen molar-refractivity contribution in [3.63, 3.8) is 0 Å². The van der Waals surface area contributed by atoms with Crippen LogP contribution in [0.1, 0.15) is 33.0 Å². The van der Waals surface area contributed by atoms with E-state index in [1.165, 1.54) is 6.20 Å². The van der Waals surface area contributed by atoms with Gasteiger partial charge in [-0.15, -0.1) is 0 Å². The first-order valence-corrected chi connectivity index (χ1v) is 7.03. The largest absolute Gasteiger partial charge is 0.322 e. The van der Waals surface area contributed by atoms with Gasteiger partial charge in [0.15, 0.2) is 0 Å². The van der Waals surface area contributed by atoms with E-state index in [9.17, 15) is 4.79 Å². The number of carbonyl (C=O) groups excluding carboxylic acids is 1. The number of hydrogen-bond acceptors (Lipinski definition) is 4. The van der Waals surface area contributed by atoms with Crippen LogP contribution in [0.3, 0.4) is 0 Å². The SMILES string of the molecule is Cc1ccc(NC(=O)c2cnc3nc(C)nn3c2C)c(C)c1. The number of carbonyl (C=O) groups is 1. The Hall–Kier alpha value is -2.76. The minimum Gasteiger partial charge on any atom is -0.322 e. The maximum Gasteiger partial charge on any atom is 0.259 e. The highest BCUT2D eigenvalue weighted by molar-refractivity contribution is 6.05. The molecule has 1 N–H and O–H groups in total. The molecule has 6 heteroatoms. The summed E-state index contributed by atoms with van der Waals surface area (Å²) in [7, 11) is 0. The van der Waals surface area contributed by atoms with Crippen LogP contribution < -0.4 is 5.32 Å². The third-order valence-electron chi connectivity index (χ3n) is 3.59. The third kappa shape index (κ3) is 2.43. The first-order chi connectivity index (χ1) is 10.5. The summed E-state index contributed by atoms with van der Waals surface area (Å²) in [5.41, 5.74) is 4.18. The van der Waals surface area contributed by atoms with Gasteiger partial charge in [0.2, 0.25) is 0 Å². The summed E-state index contributed by atoms with van der Waals surface area (Å²) < 4.78 is 1.59. The molecular formula is C16H17N5O. The van der Waals surface area contributed by atoms with Gasteiger partial charge in [-0.25, -0.2) is 9.50 Å². The second kappa shape index (κ2) is 5.22. The van der Waals surface area contributed by atoms with Crippen LogP contribution in [-0.2, 0) is 0 Å². The first kappa shape index (κ1) is 14.2. The Balaban J connectivity index is 1.96. The lowest BCUT2D eigenvalue weighted by Gasteiger charge is -2.10. The van der Waals surface area contributed by atoms with E-state index in [0.717, 1.165) is 16.8 Å². The fourth-order valence-corrected chi connectivity index (χ4v) is 2.41. The van der Waals surface area contributed by atoms with Crippen molar-refractivity contribution in [2.45, 2.75) is 27.7 Å². The second-order valence-corrected chi connectivity index (χ2v) is 5.40. The van der Waals surface area contributed by atoms with Crippen molar-refractivity contribution in [1.82, 2.24) is 19.6 Å². The maximum absolute atomic E-state index is 12.5. The van der Waals surface area contributed by atoms with Gasteiger partial charge in [-0.1, -0.05) is 17.7 Å². The van der Waals surface area contributed by atoms with Crippen LogP contribution in [0.15, 0.2) is 24.4 Å². The van der Waals surface area contributed by atoms with E-state index in [0.29, 0.717) is 22.9 Å². The molecule has 3 aromatic rings. The number of fused-ring (bicyclic) bond motifs is 1. The Morgan fingerprint density at radius 1 is 1.18 bits per heavy atom. The predicted molar refractivity (Wildman–Crippen MR) is 84.1 cm³/mol. The molecule has 0 saturated carbocycles. The fourth-order valence-electron chi connectivity index (χ4n) is 2.41. The summed E-state index contributed by atoms with van der Waals surface area (Å²) in [5, 5.41) is 7.18. The molecule has 1 aromatic carbocycles. The molecule has 2 aromatic heterocycles. The molecule has 0 bridgehead atoms. The average Bonchev–Trinajstić information content (AvgIpc) is 2.84. The zero-order chi connectivity index (χ0) is 15.9. The molecule has 0 atom stereocenters. The van der Waals surface area contributed by atoms with Crippen LogP contribution in [-0.4, -0.2) is 25.5 Å². The lowest BCUT2D eigenvalue weighted by molar-refractivity contribution is 0.102. The van der Waals surface area contributed by atoms with Crippen molar-refractivity contribution < 1.29 is 4.79 Å². The Kier molecular flexibility index (Phi) is 3.36. The van der Waals surface area contributed by atoms with Crippen molar-refractivity contribution in [1.29, 1.82) is 0 Å².